The predicted octanol–water partition coefficient (Wildman–Crippen LogP) is 25.9. The first-order valence-corrected chi connectivity index (χ1v) is 47.3. The Balaban J connectivity index is 5.18. The minimum Gasteiger partial charge on any atom is -0.462 e. The molecule has 0 bridgehead atoms. The van der Waals surface area contributed by atoms with E-state index in [-0.39, 0.29) is 25.7 Å². The highest BCUT2D eigenvalue weighted by Crippen LogP contribution is 2.45. The second kappa shape index (κ2) is 74.8. The molecule has 0 aliphatic carbocycles. The van der Waals surface area contributed by atoms with Gasteiger partial charge in [-0.15, -0.1) is 0 Å². The van der Waals surface area contributed by atoms with Crippen LogP contribution in [0.3, 0.4) is 0 Å². The van der Waals surface area contributed by atoms with Crippen LogP contribution in [0, 0.1) is 23.7 Å². The Kier molecular flexibility index (Phi) is 73.4. The smallest absolute Gasteiger partial charge is 0.462 e. The number of carbonyl (C=O) groups is 4. The standard InChI is InChI=1S/C86H168O17P2/c1-9-77(6)63-55-47-38-32-28-24-20-16-12-14-18-22-26-30-34-41-50-58-66-83(88)96-72-81(102-85(90)68-60-52-42-35-31-27-23-19-15-13-17-21-25-29-33-39-48-56-64-78(7)10-2)74-100-104(92,93)98-70-80(87)71-99-105(94,95)101-75-82(73-97-84(89)67-59-51-45-44-46-54-62-76(4)5)103-86(91)69-61-53-43-37-36-40-49-57-65-79(8)11-3/h76-82,87H,9-75H2,1-8H3,(H,92,93)(H,94,95)/t77?,78?,79?,80-,81-,82-/m1/s1. The summed E-state index contributed by atoms with van der Waals surface area (Å²) in [7, 11) is -9.93. The van der Waals surface area contributed by atoms with Crippen molar-refractivity contribution in [2.75, 3.05) is 39.6 Å². The number of unbranched alkanes of at least 4 members (excludes halogenated alkanes) is 46. The highest BCUT2D eigenvalue weighted by Gasteiger charge is 2.31. The van der Waals surface area contributed by atoms with Gasteiger partial charge < -0.3 is 33.8 Å². The second-order valence-corrected chi connectivity index (χ2v) is 35.0. The fraction of sp³-hybridized carbons (Fsp3) is 0.953. The second-order valence-electron chi connectivity index (χ2n) is 32.1. The Morgan fingerprint density at radius 1 is 0.267 bits per heavy atom. The van der Waals surface area contributed by atoms with Crippen molar-refractivity contribution in [1.29, 1.82) is 0 Å². The van der Waals surface area contributed by atoms with Gasteiger partial charge in [0.25, 0.3) is 0 Å². The summed E-state index contributed by atoms with van der Waals surface area (Å²) < 4.78 is 68.8. The van der Waals surface area contributed by atoms with Gasteiger partial charge in [0, 0.05) is 25.7 Å². The Hall–Kier alpha value is -1.94. The van der Waals surface area contributed by atoms with Gasteiger partial charge in [0.15, 0.2) is 12.2 Å². The molecule has 8 atom stereocenters. The minimum atomic E-state index is -4.97. The molecule has 105 heavy (non-hydrogen) atoms. The molecule has 17 nitrogen and oxygen atoms in total. The molecular formula is C86H168O17P2. The number of hydrogen-bond donors (Lipinski definition) is 3. The first-order valence-electron chi connectivity index (χ1n) is 44.3. The lowest BCUT2D eigenvalue weighted by Crippen LogP contribution is -2.30. The summed E-state index contributed by atoms with van der Waals surface area (Å²) in [6, 6.07) is 0. The summed E-state index contributed by atoms with van der Waals surface area (Å²) in [5.41, 5.74) is 0. The summed E-state index contributed by atoms with van der Waals surface area (Å²) in [4.78, 5) is 73.1. The van der Waals surface area contributed by atoms with Crippen molar-refractivity contribution in [2.45, 2.75) is 465 Å². The number of hydrogen-bond acceptors (Lipinski definition) is 15. The van der Waals surface area contributed by atoms with Crippen molar-refractivity contribution in [3.8, 4) is 0 Å². The van der Waals surface area contributed by atoms with E-state index in [9.17, 15) is 43.2 Å². The van der Waals surface area contributed by atoms with E-state index >= 15 is 0 Å². The van der Waals surface area contributed by atoms with E-state index in [4.69, 9.17) is 37.0 Å². The maximum atomic E-state index is 13.1. The van der Waals surface area contributed by atoms with Crippen molar-refractivity contribution in [3.63, 3.8) is 0 Å². The summed E-state index contributed by atoms with van der Waals surface area (Å²) in [6.45, 7) is 14.3. The van der Waals surface area contributed by atoms with E-state index in [0.29, 0.717) is 31.6 Å². The molecule has 0 aromatic carbocycles. The monoisotopic (exact) mass is 1540 g/mol. The minimum absolute atomic E-state index is 0.104. The fourth-order valence-electron chi connectivity index (χ4n) is 13.2. The first kappa shape index (κ1) is 103. The lowest BCUT2D eigenvalue weighted by molar-refractivity contribution is -0.161. The van der Waals surface area contributed by atoms with E-state index in [1.54, 1.807) is 0 Å². The highest BCUT2D eigenvalue weighted by atomic mass is 31.2. The normalized spacial score (nSPS) is 14.7. The van der Waals surface area contributed by atoms with Crippen LogP contribution in [-0.2, 0) is 65.4 Å². The molecule has 19 heteroatoms. The molecule has 0 radical (unpaired) electrons. The molecule has 3 N–H and O–H groups in total. The van der Waals surface area contributed by atoms with Crippen LogP contribution in [-0.4, -0.2) is 96.7 Å². The molecule has 0 aliphatic heterocycles. The first-order chi connectivity index (χ1) is 50.7. The number of phosphoric ester groups is 2. The van der Waals surface area contributed by atoms with Crippen molar-refractivity contribution < 1.29 is 80.2 Å². The van der Waals surface area contributed by atoms with Crippen LogP contribution in [0.5, 0.6) is 0 Å². The van der Waals surface area contributed by atoms with Gasteiger partial charge in [-0.05, 0) is 49.4 Å². The number of phosphoric acid groups is 2. The van der Waals surface area contributed by atoms with Crippen LogP contribution in [0.2, 0.25) is 0 Å². The van der Waals surface area contributed by atoms with Crippen molar-refractivity contribution in [1.82, 2.24) is 0 Å². The molecule has 0 aromatic rings. The van der Waals surface area contributed by atoms with Crippen molar-refractivity contribution in [3.05, 3.63) is 0 Å². The van der Waals surface area contributed by atoms with Gasteiger partial charge in [-0.3, -0.25) is 37.3 Å². The average Bonchev–Trinajstić information content (AvgIpc) is 0.912. The van der Waals surface area contributed by atoms with E-state index < -0.39 is 97.5 Å². The molecule has 0 aliphatic rings. The van der Waals surface area contributed by atoms with Gasteiger partial charge in [-0.1, -0.05) is 396 Å². The third-order valence-electron chi connectivity index (χ3n) is 21.2. The molecule has 0 saturated heterocycles. The largest absolute Gasteiger partial charge is 0.472 e. The summed E-state index contributed by atoms with van der Waals surface area (Å²) >= 11 is 0. The SMILES string of the molecule is CCC(C)CCCCCCCCCCCCCCCCCCCCC(=O)OC[C@H](COP(=O)(O)OC[C@@H](O)COP(=O)(O)OC[C@@H](COC(=O)CCCCCCCCC(C)C)OC(=O)CCCCCCCCCCC(C)CC)OC(=O)CCCCCCCCCCCCCCCCCCCCC(C)CC. The Morgan fingerprint density at radius 2 is 0.457 bits per heavy atom. The van der Waals surface area contributed by atoms with Gasteiger partial charge in [0.2, 0.25) is 0 Å². The van der Waals surface area contributed by atoms with E-state index in [2.05, 4.69) is 55.4 Å². The summed E-state index contributed by atoms with van der Waals surface area (Å²) in [6.07, 6.45) is 64.1. The maximum Gasteiger partial charge on any atom is 0.472 e. The molecule has 0 saturated carbocycles. The van der Waals surface area contributed by atoms with Gasteiger partial charge in [0.1, 0.15) is 19.3 Å². The topological polar surface area (TPSA) is 237 Å². The third-order valence-corrected chi connectivity index (χ3v) is 23.1. The number of ether oxygens (including phenoxy) is 4. The molecule has 0 fully saturated rings. The van der Waals surface area contributed by atoms with Crippen molar-refractivity contribution >= 4 is 39.5 Å². The quantitative estimate of drug-likeness (QED) is 0.0222. The number of esters is 4. The van der Waals surface area contributed by atoms with E-state index in [1.165, 1.54) is 244 Å². The number of aliphatic hydroxyl groups is 1. The number of aliphatic hydroxyl groups excluding tert-OH is 1. The molecule has 624 valence electrons. The zero-order chi connectivity index (χ0) is 77.4. The van der Waals surface area contributed by atoms with Crippen LogP contribution in [0.15, 0.2) is 0 Å². The number of carbonyl (C=O) groups excluding carboxylic acids is 4. The third kappa shape index (κ3) is 75.9. The Morgan fingerprint density at radius 3 is 0.676 bits per heavy atom. The molecule has 0 aromatic heterocycles. The number of rotatable bonds is 83. The van der Waals surface area contributed by atoms with E-state index in [1.807, 2.05) is 0 Å². The van der Waals surface area contributed by atoms with Crippen molar-refractivity contribution in [2.24, 2.45) is 23.7 Å². The predicted molar refractivity (Wildman–Crippen MR) is 432 cm³/mol. The lowest BCUT2D eigenvalue weighted by atomic mass is 9.99. The zero-order valence-electron chi connectivity index (χ0n) is 69.4. The van der Waals surface area contributed by atoms with Crippen LogP contribution in [0.4, 0.5) is 0 Å². The van der Waals surface area contributed by atoms with E-state index in [0.717, 1.165) is 114 Å². The Labute approximate surface area is 645 Å². The zero-order valence-corrected chi connectivity index (χ0v) is 71.2. The van der Waals surface area contributed by atoms with Crippen LogP contribution in [0.1, 0.15) is 447 Å². The maximum absolute atomic E-state index is 13.1. The van der Waals surface area contributed by atoms with Gasteiger partial charge >= 0.3 is 39.5 Å². The molecule has 0 spiro atoms. The van der Waals surface area contributed by atoms with Crippen LogP contribution >= 0.6 is 15.6 Å². The molecule has 0 heterocycles. The van der Waals surface area contributed by atoms with Gasteiger partial charge in [0.05, 0.1) is 26.4 Å². The van der Waals surface area contributed by atoms with Gasteiger partial charge in [-0.25, -0.2) is 9.13 Å². The molecule has 5 unspecified atom stereocenters. The van der Waals surface area contributed by atoms with Gasteiger partial charge in [-0.2, -0.15) is 0 Å². The molecule has 0 rings (SSSR count). The molecular weight excluding hydrogens is 1370 g/mol. The average molecular weight is 1540 g/mol. The molecule has 0 amide bonds. The lowest BCUT2D eigenvalue weighted by Gasteiger charge is -2.21. The Bertz CT molecular complexity index is 2050. The van der Waals surface area contributed by atoms with Crippen LogP contribution in [0.25, 0.3) is 0 Å². The van der Waals surface area contributed by atoms with Crippen LogP contribution < -0.4 is 0 Å². The fourth-order valence-corrected chi connectivity index (χ4v) is 14.8. The summed E-state index contributed by atoms with van der Waals surface area (Å²) in [5.74, 6) is 1.08. The summed E-state index contributed by atoms with van der Waals surface area (Å²) in [5, 5.41) is 10.7. The highest BCUT2D eigenvalue weighted by molar-refractivity contribution is 7.47.